The summed E-state index contributed by atoms with van der Waals surface area (Å²) in [5, 5.41) is 12.9. The first-order valence-electron chi connectivity index (χ1n) is 4.62. The number of hydrogen-bond acceptors (Lipinski definition) is 3. The monoisotopic (exact) mass is 198 g/mol. The quantitative estimate of drug-likeness (QED) is 0.734. The molecule has 0 bridgehead atoms. The number of nitriles is 1. The van der Waals surface area contributed by atoms with Gasteiger partial charge in [-0.1, -0.05) is 0 Å². The van der Waals surface area contributed by atoms with Gasteiger partial charge in [-0.05, 0) is 30.2 Å². The highest BCUT2D eigenvalue weighted by Crippen LogP contribution is 2.04. The first-order valence-corrected chi connectivity index (χ1v) is 4.62. The molecule has 2 aromatic rings. The van der Waals surface area contributed by atoms with E-state index in [0.717, 1.165) is 11.1 Å². The molecular formula is C11H10N4. The van der Waals surface area contributed by atoms with Crippen LogP contribution in [0.15, 0.2) is 30.7 Å². The number of aryl methyl sites for hydroxylation is 1. The molecule has 0 aromatic carbocycles. The summed E-state index contributed by atoms with van der Waals surface area (Å²) in [6.45, 7) is 2.67. The summed E-state index contributed by atoms with van der Waals surface area (Å²) < 4.78 is 1.84. The largest absolute Gasteiger partial charge is 0.268 e. The van der Waals surface area contributed by atoms with Gasteiger partial charge in [0.2, 0.25) is 0 Å². The lowest BCUT2D eigenvalue weighted by Gasteiger charge is -2.01. The fraction of sp³-hybridized carbons (Fsp3) is 0.182. The molecular weight excluding hydrogens is 188 g/mol. The second kappa shape index (κ2) is 3.93. The van der Waals surface area contributed by atoms with Crippen molar-refractivity contribution in [1.29, 1.82) is 5.26 Å². The summed E-state index contributed by atoms with van der Waals surface area (Å²) in [6, 6.07) is 5.68. The van der Waals surface area contributed by atoms with E-state index >= 15 is 0 Å². The van der Waals surface area contributed by atoms with Gasteiger partial charge in [0.1, 0.15) is 11.8 Å². The van der Waals surface area contributed by atoms with E-state index in [2.05, 4.69) is 10.1 Å². The predicted molar refractivity (Wildman–Crippen MR) is 55.0 cm³/mol. The van der Waals surface area contributed by atoms with Crippen LogP contribution in [-0.2, 0) is 6.54 Å². The Morgan fingerprint density at radius 3 is 3.07 bits per heavy atom. The van der Waals surface area contributed by atoms with E-state index in [1.165, 1.54) is 0 Å². The van der Waals surface area contributed by atoms with Crippen LogP contribution in [0, 0.1) is 18.3 Å². The molecule has 0 N–H and O–H groups in total. The molecule has 2 heterocycles. The maximum Gasteiger partial charge on any atom is 0.140 e. The molecule has 0 saturated heterocycles. The summed E-state index contributed by atoms with van der Waals surface area (Å²) in [7, 11) is 0. The number of rotatable bonds is 2. The topological polar surface area (TPSA) is 54.5 Å². The van der Waals surface area contributed by atoms with Gasteiger partial charge in [-0.2, -0.15) is 10.4 Å². The van der Waals surface area contributed by atoms with Gasteiger partial charge >= 0.3 is 0 Å². The molecule has 74 valence electrons. The van der Waals surface area contributed by atoms with Crippen LogP contribution >= 0.6 is 0 Å². The van der Waals surface area contributed by atoms with Crippen LogP contribution in [0.4, 0.5) is 0 Å². The third-order valence-electron chi connectivity index (χ3n) is 2.05. The highest BCUT2D eigenvalue weighted by atomic mass is 15.3. The SMILES string of the molecule is Cc1cnn(Cc2ccnc(C#N)c2)c1. The van der Waals surface area contributed by atoms with Gasteiger partial charge in [0, 0.05) is 12.4 Å². The van der Waals surface area contributed by atoms with E-state index in [1.807, 2.05) is 36.1 Å². The second-order valence-electron chi connectivity index (χ2n) is 3.38. The summed E-state index contributed by atoms with van der Waals surface area (Å²) >= 11 is 0. The molecule has 2 aromatic heterocycles. The fourth-order valence-corrected chi connectivity index (χ4v) is 1.37. The zero-order chi connectivity index (χ0) is 10.7. The lowest BCUT2D eigenvalue weighted by atomic mass is 10.2. The van der Waals surface area contributed by atoms with Crippen molar-refractivity contribution in [1.82, 2.24) is 14.8 Å². The summed E-state index contributed by atoms with van der Waals surface area (Å²) in [6.07, 6.45) is 5.42. The van der Waals surface area contributed by atoms with Crippen molar-refractivity contribution in [3.63, 3.8) is 0 Å². The Bertz CT molecular complexity index is 507. The summed E-state index contributed by atoms with van der Waals surface area (Å²) in [5.41, 5.74) is 2.60. The third kappa shape index (κ3) is 2.20. The zero-order valence-electron chi connectivity index (χ0n) is 8.38. The number of pyridine rings is 1. The fourth-order valence-electron chi connectivity index (χ4n) is 1.37. The van der Waals surface area contributed by atoms with E-state index in [4.69, 9.17) is 5.26 Å². The summed E-state index contributed by atoms with van der Waals surface area (Å²) in [5.74, 6) is 0. The molecule has 0 saturated carbocycles. The molecule has 0 radical (unpaired) electrons. The number of hydrogen-bond donors (Lipinski definition) is 0. The van der Waals surface area contributed by atoms with Crippen LogP contribution in [0.2, 0.25) is 0 Å². The van der Waals surface area contributed by atoms with Gasteiger partial charge < -0.3 is 0 Å². The molecule has 2 rings (SSSR count). The van der Waals surface area contributed by atoms with Gasteiger partial charge in [0.15, 0.2) is 0 Å². The molecule has 0 unspecified atom stereocenters. The van der Waals surface area contributed by atoms with Gasteiger partial charge in [-0.15, -0.1) is 0 Å². The van der Waals surface area contributed by atoms with Crippen LogP contribution in [-0.4, -0.2) is 14.8 Å². The maximum absolute atomic E-state index is 8.70. The molecule has 0 amide bonds. The lowest BCUT2D eigenvalue weighted by Crippen LogP contribution is -2.00. The van der Waals surface area contributed by atoms with Crippen LogP contribution in [0.5, 0.6) is 0 Å². The predicted octanol–water partition coefficient (Wildman–Crippen LogP) is 1.51. The molecule has 0 aliphatic carbocycles. The van der Waals surface area contributed by atoms with Gasteiger partial charge in [0.25, 0.3) is 0 Å². The smallest absolute Gasteiger partial charge is 0.140 e. The highest BCUT2D eigenvalue weighted by molar-refractivity contribution is 5.25. The van der Waals surface area contributed by atoms with Crippen molar-refractivity contribution >= 4 is 0 Å². The Kier molecular flexibility index (Phi) is 2.46. The van der Waals surface area contributed by atoms with Crippen molar-refractivity contribution < 1.29 is 0 Å². The van der Waals surface area contributed by atoms with E-state index in [9.17, 15) is 0 Å². The molecule has 4 nitrogen and oxygen atoms in total. The van der Waals surface area contributed by atoms with Crippen molar-refractivity contribution in [2.24, 2.45) is 0 Å². The Morgan fingerprint density at radius 2 is 2.40 bits per heavy atom. The number of aromatic nitrogens is 3. The normalized spacial score (nSPS) is 9.87. The minimum absolute atomic E-state index is 0.441. The maximum atomic E-state index is 8.70. The first kappa shape index (κ1) is 9.41. The van der Waals surface area contributed by atoms with Gasteiger partial charge in [-0.3, -0.25) is 4.68 Å². The molecule has 4 heteroatoms. The average molecular weight is 198 g/mol. The van der Waals surface area contributed by atoms with Gasteiger partial charge in [-0.25, -0.2) is 4.98 Å². The van der Waals surface area contributed by atoms with Crippen molar-refractivity contribution in [3.8, 4) is 6.07 Å². The Morgan fingerprint density at radius 1 is 1.53 bits per heavy atom. The Labute approximate surface area is 87.8 Å². The average Bonchev–Trinajstić information content (AvgIpc) is 2.64. The van der Waals surface area contributed by atoms with E-state index in [1.54, 1.807) is 12.3 Å². The molecule has 15 heavy (non-hydrogen) atoms. The summed E-state index contributed by atoms with van der Waals surface area (Å²) in [4.78, 5) is 3.91. The molecule has 0 aliphatic heterocycles. The molecule has 0 atom stereocenters. The van der Waals surface area contributed by atoms with Crippen LogP contribution < -0.4 is 0 Å². The molecule has 0 aliphatic rings. The van der Waals surface area contributed by atoms with Crippen molar-refractivity contribution in [3.05, 3.63) is 47.5 Å². The minimum atomic E-state index is 0.441. The molecule has 0 spiro atoms. The van der Waals surface area contributed by atoms with Crippen molar-refractivity contribution in [2.45, 2.75) is 13.5 Å². The van der Waals surface area contributed by atoms with Crippen LogP contribution in [0.25, 0.3) is 0 Å². The Balaban J connectivity index is 2.21. The number of nitrogens with zero attached hydrogens (tertiary/aromatic N) is 4. The van der Waals surface area contributed by atoms with Gasteiger partial charge in [0.05, 0.1) is 12.7 Å². The van der Waals surface area contributed by atoms with Crippen LogP contribution in [0.1, 0.15) is 16.8 Å². The van der Waals surface area contributed by atoms with Crippen LogP contribution in [0.3, 0.4) is 0 Å². The lowest BCUT2D eigenvalue weighted by molar-refractivity contribution is 0.685. The standard InChI is InChI=1S/C11H10N4/c1-9-6-14-15(7-9)8-10-2-3-13-11(4-10)5-12/h2-4,6-7H,8H2,1H3. The highest BCUT2D eigenvalue weighted by Gasteiger charge is 1.98. The first-order chi connectivity index (χ1) is 7.28. The second-order valence-corrected chi connectivity index (χ2v) is 3.38. The van der Waals surface area contributed by atoms with E-state index < -0.39 is 0 Å². The third-order valence-corrected chi connectivity index (χ3v) is 2.05. The molecule has 0 fully saturated rings. The minimum Gasteiger partial charge on any atom is -0.268 e. The Hall–Kier alpha value is -2.15. The van der Waals surface area contributed by atoms with E-state index in [0.29, 0.717) is 12.2 Å². The van der Waals surface area contributed by atoms with Crippen molar-refractivity contribution in [2.75, 3.05) is 0 Å². The zero-order valence-corrected chi connectivity index (χ0v) is 8.38. The van der Waals surface area contributed by atoms with E-state index in [-0.39, 0.29) is 0 Å².